The Balaban J connectivity index is 2.41. The molecule has 1 N–H and O–H groups in total. The molecule has 1 fully saturated rings. The lowest BCUT2D eigenvalue weighted by Crippen LogP contribution is -2.48. The van der Waals surface area contributed by atoms with E-state index in [2.05, 4.69) is 9.97 Å². The Kier molecular flexibility index (Phi) is 5.30. The molecule has 1 aromatic rings. The number of hydrogen-bond donors (Lipinski definition) is 1. The summed E-state index contributed by atoms with van der Waals surface area (Å²) in [5.41, 5.74) is -0.978. The van der Waals surface area contributed by atoms with Crippen LogP contribution in [-0.2, 0) is 10.9 Å². The highest BCUT2D eigenvalue weighted by molar-refractivity contribution is 5.46. The second-order valence-corrected chi connectivity index (χ2v) is 5.81. The molecule has 6 nitrogen and oxygen atoms in total. The zero-order valence-electron chi connectivity index (χ0n) is 13.3. The van der Waals surface area contributed by atoms with Gasteiger partial charge in [-0.2, -0.15) is 18.2 Å². The van der Waals surface area contributed by atoms with E-state index >= 15 is 0 Å². The first kappa shape index (κ1) is 17.7. The summed E-state index contributed by atoms with van der Waals surface area (Å²) in [4.78, 5) is 11.1. The van der Waals surface area contributed by atoms with Crippen LogP contribution in [0.25, 0.3) is 0 Å². The number of rotatable bonds is 4. The molecule has 130 valence electrons. The third-order valence-electron chi connectivity index (χ3n) is 3.55. The quantitative estimate of drug-likeness (QED) is 0.901. The smallest absolute Gasteiger partial charge is 0.393 e. The van der Waals surface area contributed by atoms with Crippen molar-refractivity contribution in [2.24, 2.45) is 0 Å². The van der Waals surface area contributed by atoms with Gasteiger partial charge in [0.1, 0.15) is 5.82 Å². The van der Waals surface area contributed by atoms with E-state index in [0.29, 0.717) is 26.2 Å². The van der Waals surface area contributed by atoms with Gasteiger partial charge in [-0.1, -0.05) is 0 Å². The second-order valence-electron chi connectivity index (χ2n) is 5.81. The molecule has 9 heteroatoms. The molecule has 1 aromatic heterocycles. The van der Waals surface area contributed by atoms with E-state index < -0.39 is 18.0 Å². The fraction of sp³-hybridized carbons (Fsp3) is 0.714. The summed E-state index contributed by atoms with van der Waals surface area (Å²) in [7, 11) is 3.25. The number of aliphatic hydroxyl groups excluding tert-OH is 1. The Morgan fingerprint density at radius 3 is 2.70 bits per heavy atom. The minimum Gasteiger partial charge on any atom is -0.393 e. The van der Waals surface area contributed by atoms with Crippen LogP contribution in [0.3, 0.4) is 0 Å². The third kappa shape index (κ3) is 4.44. The molecule has 0 radical (unpaired) electrons. The van der Waals surface area contributed by atoms with Gasteiger partial charge in [-0.25, -0.2) is 4.98 Å². The molecule has 2 rings (SSSR count). The van der Waals surface area contributed by atoms with Gasteiger partial charge in [-0.05, 0) is 13.3 Å². The highest BCUT2D eigenvalue weighted by Crippen LogP contribution is 2.31. The highest BCUT2D eigenvalue weighted by atomic mass is 19.4. The molecule has 23 heavy (non-hydrogen) atoms. The summed E-state index contributed by atoms with van der Waals surface area (Å²) >= 11 is 0. The van der Waals surface area contributed by atoms with Gasteiger partial charge < -0.3 is 19.6 Å². The average molecular weight is 334 g/mol. The highest BCUT2D eigenvalue weighted by Gasteiger charge is 2.35. The molecule has 2 unspecified atom stereocenters. The molecule has 1 aliphatic heterocycles. The van der Waals surface area contributed by atoms with E-state index in [9.17, 15) is 18.3 Å². The van der Waals surface area contributed by atoms with E-state index in [4.69, 9.17) is 4.74 Å². The fourth-order valence-corrected chi connectivity index (χ4v) is 2.43. The summed E-state index contributed by atoms with van der Waals surface area (Å²) in [5, 5.41) is 9.58. The predicted octanol–water partition coefficient (Wildman–Crippen LogP) is 1.54. The molecule has 0 aromatic carbocycles. The number of aromatic nitrogens is 2. The van der Waals surface area contributed by atoms with Crippen LogP contribution in [0.15, 0.2) is 6.07 Å². The topological polar surface area (TPSA) is 61.7 Å². The van der Waals surface area contributed by atoms with Gasteiger partial charge in [0.25, 0.3) is 0 Å². The Bertz CT molecular complexity index is 537. The molecule has 2 atom stereocenters. The SMILES string of the molecule is CC(O)CC1COCCN1c1nc(N(C)C)cc(C(F)(F)F)n1. The summed E-state index contributed by atoms with van der Waals surface area (Å²) in [6.07, 6.45) is -4.77. The minimum atomic E-state index is -4.55. The van der Waals surface area contributed by atoms with E-state index in [1.54, 1.807) is 25.9 Å². The summed E-state index contributed by atoms with van der Waals surface area (Å²) in [6.45, 7) is 2.71. The average Bonchev–Trinajstić information content (AvgIpc) is 2.45. The maximum atomic E-state index is 13.1. The minimum absolute atomic E-state index is 0.0116. The molecule has 0 bridgehead atoms. The van der Waals surface area contributed by atoms with Crippen molar-refractivity contribution in [1.29, 1.82) is 0 Å². The lowest BCUT2D eigenvalue weighted by molar-refractivity contribution is -0.141. The van der Waals surface area contributed by atoms with Crippen LogP contribution >= 0.6 is 0 Å². The number of hydrogen-bond acceptors (Lipinski definition) is 6. The van der Waals surface area contributed by atoms with Gasteiger partial charge in [0.2, 0.25) is 5.95 Å². The van der Waals surface area contributed by atoms with E-state index in [-0.39, 0.29) is 17.8 Å². The lowest BCUT2D eigenvalue weighted by atomic mass is 10.1. The lowest BCUT2D eigenvalue weighted by Gasteiger charge is -2.36. The number of anilines is 2. The number of alkyl halides is 3. The number of halogens is 3. The molecular formula is C14H21F3N4O2. The molecule has 0 amide bonds. The molecular weight excluding hydrogens is 313 g/mol. The van der Waals surface area contributed by atoms with Gasteiger partial charge in [-0.15, -0.1) is 0 Å². The van der Waals surface area contributed by atoms with Gasteiger partial charge in [0.05, 0.1) is 25.4 Å². The van der Waals surface area contributed by atoms with Crippen molar-refractivity contribution < 1.29 is 23.0 Å². The van der Waals surface area contributed by atoms with Crippen molar-refractivity contribution in [3.63, 3.8) is 0 Å². The van der Waals surface area contributed by atoms with Crippen LogP contribution in [0.2, 0.25) is 0 Å². The molecule has 0 saturated carbocycles. The number of aliphatic hydroxyl groups is 1. The number of ether oxygens (including phenoxy) is 1. The van der Waals surface area contributed by atoms with Crippen molar-refractivity contribution in [2.45, 2.75) is 31.7 Å². The first-order chi connectivity index (χ1) is 10.7. The van der Waals surface area contributed by atoms with Crippen molar-refractivity contribution in [2.75, 3.05) is 43.7 Å². The first-order valence-electron chi connectivity index (χ1n) is 7.34. The molecule has 0 spiro atoms. The monoisotopic (exact) mass is 334 g/mol. The molecule has 0 aliphatic carbocycles. The van der Waals surface area contributed by atoms with Crippen LogP contribution in [0, 0.1) is 0 Å². The number of nitrogens with zero attached hydrogens (tertiary/aromatic N) is 4. The first-order valence-corrected chi connectivity index (χ1v) is 7.34. The van der Waals surface area contributed by atoms with Gasteiger partial charge >= 0.3 is 6.18 Å². The van der Waals surface area contributed by atoms with Crippen molar-refractivity contribution >= 4 is 11.8 Å². The van der Waals surface area contributed by atoms with Crippen LogP contribution in [0.4, 0.5) is 24.9 Å². The molecule has 1 saturated heterocycles. The Morgan fingerprint density at radius 1 is 1.43 bits per heavy atom. The summed E-state index contributed by atoms with van der Waals surface area (Å²) in [5.74, 6) is 0.196. The van der Waals surface area contributed by atoms with Crippen molar-refractivity contribution in [3.8, 4) is 0 Å². The zero-order chi connectivity index (χ0) is 17.2. The predicted molar refractivity (Wildman–Crippen MR) is 79.6 cm³/mol. The standard InChI is InChI=1S/C14H21F3N4O2/c1-9(22)6-10-8-23-5-4-21(10)13-18-11(14(15,16)17)7-12(19-13)20(2)3/h7,9-10,22H,4-6,8H2,1-3H3. The molecule has 2 heterocycles. The molecule has 1 aliphatic rings. The van der Waals surface area contributed by atoms with E-state index in [0.717, 1.165) is 6.07 Å². The maximum Gasteiger partial charge on any atom is 0.433 e. The largest absolute Gasteiger partial charge is 0.433 e. The third-order valence-corrected chi connectivity index (χ3v) is 3.55. The van der Waals surface area contributed by atoms with Crippen LogP contribution in [-0.4, -0.2) is 61.1 Å². The Morgan fingerprint density at radius 2 is 2.13 bits per heavy atom. The van der Waals surface area contributed by atoms with E-state index in [1.807, 2.05) is 0 Å². The summed E-state index contributed by atoms with van der Waals surface area (Å²) < 4.78 is 44.7. The Hall–Kier alpha value is -1.61. The second kappa shape index (κ2) is 6.88. The number of morpholine rings is 1. The van der Waals surface area contributed by atoms with Gasteiger partial charge in [0.15, 0.2) is 5.69 Å². The Labute approximate surface area is 132 Å². The van der Waals surface area contributed by atoms with Crippen LogP contribution < -0.4 is 9.80 Å². The zero-order valence-corrected chi connectivity index (χ0v) is 13.3. The fourth-order valence-electron chi connectivity index (χ4n) is 2.43. The van der Waals surface area contributed by atoms with Gasteiger partial charge in [-0.3, -0.25) is 0 Å². The van der Waals surface area contributed by atoms with Crippen LogP contribution in [0.1, 0.15) is 19.0 Å². The van der Waals surface area contributed by atoms with Crippen LogP contribution in [0.5, 0.6) is 0 Å². The van der Waals surface area contributed by atoms with E-state index in [1.165, 1.54) is 4.90 Å². The van der Waals surface area contributed by atoms with Crippen molar-refractivity contribution in [3.05, 3.63) is 11.8 Å². The normalized spacial score (nSPS) is 20.5. The maximum absolute atomic E-state index is 13.1. The van der Waals surface area contributed by atoms with Gasteiger partial charge in [0, 0.05) is 26.7 Å². The summed E-state index contributed by atoms with van der Waals surface area (Å²) in [6, 6.07) is 0.662. The van der Waals surface area contributed by atoms with Crippen molar-refractivity contribution in [1.82, 2.24) is 9.97 Å².